The highest BCUT2D eigenvalue weighted by Crippen LogP contribution is 2.43. The molecule has 2 heterocycles. The summed E-state index contributed by atoms with van der Waals surface area (Å²) in [5.41, 5.74) is 1.90. The first-order valence-electron chi connectivity index (χ1n) is 11.2. The van der Waals surface area contributed by atoms with E-state index in [2.05, 4.69) is 29.2 Å². The van der Waals surface area contributed by atoms with Gasteiger partial charge in [0.15, 0.2) is 0 Å². The Morgan fingerprint density at radius 2 is 1.58 bits per heavy atom. The Kier molecular flexibility index (Phi) is 6.42. The van der Waals surface area contributed by atoms with Crippen molar-refractivity contribution in [3.05, 3.63) is 71.8 Å². The number of hydrogen-bond acceptors (Lipinski definition) is 4. The van der Waals surface area contributed by atoms with Gasteiger partial charge in [-0.15, -0.1) is 0 Å². The minimum Gasteiger partial charge on any atom is -0.461 e. The van der Waals surface area contributed by atoms with Crippen LogP contribution in [0.4, 0.5) is 0 Å². The van der Waals surface area contributed by atoms with Gasteiger partial charge in [-0.05, 0) is 38.1 Å². The molecule has 5 nitrogen and oxygen atoms in total. The minimum atomic E-state index is -0.407. The van der Waals surface area contributed by atoms with Crippen molar-refractivity contribution < 1.29 is 14.3 Å². The number of ether oxygens (including phenoxy) is 1. The van der Waals surface area contributed by atoms with E-state index in [4.69, 9.17) is 4.74 Å². The number of nitrogens with zero attached hydrogens (tertiary/aromatic N) is 2. The number of carbonyl (C=O) groups is 2. The normalized spacial score (nSPS) is 20.5. The maximum Gasteiger partial charge on any atom is 0.312 e. The maximum absolute atomic E-state index is 13.3. The summed E-state index contributed by atoms with van der Waals surface area (Å²) in [6, 6.07) is 20.5. The average molecular weight is 421 g/mol. The van der Waals surface area contributed by atoms with Crippen LogP contribution in [0.2, 0.25) is 0 Å². The summed E-state index contributed by atoms with van der Waals surface area (Å²) in [5.74, 6) is 0.119. The number of carbonyl (C=O) groups excluding carboxylic acids is 2. The Labute approximate surface area is 185 Å². The molecule has 0 aromatic heterocycles. The Balaban J connectivity index is 1.42. The van der Waals surface area contributed by atoms with E-state index in [-0.39, 0.29) is 23.9 Å². The molecule has 1 unspecified atom stereocenters. The molecule has 2 fully saturated rings. The fourth-order valence-electron chi connectivity index (χ4n) is 5.04. The van der Waals surface area contributed by atoms with Crippen LogP contribution in [0.5, 0.6) is 0 Å². The number of benzene rings is 2. The van der Waals surface area contributed by atoms with Gasteiger partial charge in [0.2, 0.25) is 5.91 Å². The van der Waals surface area contributed by atoms with E-state index in [0.717, 1.165) is 24.1 Å². The predicted octanol–water partition coefficient (Wildman–Crippen LogP) is 3.69. The minimum absolute atomic E-state index is 0.0340. The van der Waals surface area contributed by atoms with E-state index in [9.17, 15) is 9.59 Å². The van der Waals surface area contributed by atoms with Gasteiger partial charge in [0.05, 0.1) is 5.41 Å². The van der Waals surface area contributed by atoms with Crippen molar-refractivity contribution >= 4 is 11.9 Å². The van der Waals surface area contributed by atoms with Crippen LogP contribution in [0.3, 0.4) is 0 Å². The summed E-state index contributed by atoms with van der Waals surface area (Å²) in [5, 5.41) is 0. The molecule has 2 aliphatic rings. The molecule has 1 spiro atoms. The van der Waals surface area contributed by atoms with E-state index in [1.807, 2.05) is 55.4 Å². The SMILES string of the molecule is CN(C)CC1CC2(CCN(C(=O)CC(c3ccccc3)c3ccccc3)CC2)C(=O)O1. The maximum atomic E-state index is 13.3. The van der Waals surface area contributed by atoms with Crippen LogP contribution in [0.25, 0.3) is 0 Å². The third kappa shape index (κ3) is 4.82. The van der Waals surface area contributed by atoms with E-state index >= 15 is 0 Å². The molecule has 164 valence electrons. The fourth-order valence-corrected chi connectivity index (χ4v) is 5.04. The highest BCUT2D eigenvalue weighted by atomic mass is 16.6. The smallest absolute Gasteiger partial charge is 0.312 e. The first-order valence-corrected chi connectivity index (χ1v) is 11.2. The summed E-state index contributed by atoms with van der Waals surface area (Å²) in [6.45, 7) is 2.00. The molecular formula is C26H32N2O3. The zero-order valence-corrected chi connectivity index (χ0v) is 18.5. The summed E-state index contributed by atoms with van der Waals surface area (Å²) in [6.07, 6.45) is 2.56. The number of likely N-dealkylation sites (tertiary alicyclic amines) is 1. The van der Waals surface area contributed by atoms with Crippen molar-refractivity contribution in [2.45, 2.75) is 37.7 Å². The molecule has 1 amide bonds. The van der Waals surface area contributed by atoms with Gasteiger partial charge in [-0.1, -0.05) is 60.7 Å². The second kappa shape index (κ2) is 9.23. The van der Waals surface area contributed by atoms with Crippen molar-refractivity contribution in [1.29, 1.82) is 0 Å². The number of piperidine rings is 1. The number of rotatable bonds is 6. The Morgan fingerprint density at radius 1 is 1.03 bits per heavy atom. The lowest BCUT2D eigenvalue weighted by molar-refractivity contribution is -0.152. The Morgan fingerprint density at radius 3 is 2.10 bits per heavy atom. The molecule has 0 saturated carbocycles. The van der Waals surface area contributed by atoms with Crippen LogP contribution in [0.1, 0.15) is 42.7 Å². The molecule has 2 aromatic rings. The van der Waals surface area contributed by atoms with E-state index in [0.29, 0.717) is 32.4 Å². The average Bonchev–Trinajstić information content (AvgIpc) is 3.07. The van der Waals surface area contributed by atoms with Gasteiger partial charge in [-0.25, -0.2) is 0 Å². The lowest BCUT2D eigenvalue weighted by Gasteiger charge is -2.37. The summed E-state index contributed by atoms with van der Waals surface area (Å²) >= 11 is 0. The van der Waals surface area contributed by atoms with Crippen molar-refractivity contribution in [3.63, 3.8) is 0 Å². The zero-order chi connectivity index (χ0) is 21.8. The molecule has 0 radical (unpaired) electrons. The number of amides is 1. The highest BCUT2D eigenvalue weighted by Gasteiger charge is 2.50. The molecule has 4 rings (SSSR count). The summed E-state index contributed by atoms with van der Waals surface area (Å²) in [4.78, 5) is 29.9. The van der Waals surface area contributed by atoms with Gasteiger partial charge < -0.3 is 14.5 Å². The van der Waals surface area contributed by atoms with Gasteiger partial charge in [-0.3, -0.25) is 9.59 Å². The van der Waals surface area contributed by atoms with Crippen LogP contribution in [0, 0.1) is 5.41 Å². The molecule has 0 aliphatic carbocycles. The van der Waals surface area contributed by atoms with Gasteiger partial charge in [0, 0.05) is 38.4 Å². The third-order valence-corrected chi connectivity index (χ3v) is 6.75. The Hall–Kier alpha value is -2.66. The monoisotopic (exact) mass is 420 g/mol. The largest absolute Gasteiger partial charge is 0.461 e. The van der Waals surface area contributed by atoms with E-state index < -0.39 is 5.41 Å². The molecule has 0 bridgehead atoms. The van der Waals surface area contributed by atoms with Crippen LogP contribution in [0.15, 0.2) is 60.7 Å². The summed E-state index contributed by atoms with van der Waals surface area (Å²) in [7, 11) is 3.99. The highest BCUT2D eigenvalue weighted by molar-refractivity contribution is 5.81. The number of hydrogen-bond donors (Lipinski definition) is 0. The van der Waals surface area contributed by atoms with Crippen LogP contribution >= 0.6 is 0 Å². The van der Waals surface area contributed by atoms with Gasteiger partial charge in [0.25, 0.3) is 0 Å². The molecular weight excluding hydrogens is 388 g/mol. The van der Waals surface area contributed by atoms with Crippen molar-refractivity contribution in [3.8, 4) is 0 Å². The fraction of sp³-hybridized carbons (Fsp3) is 0.462. The first kappa shape index (κ1) is 21.6. The molecule has 31 heavy (non-hydrogen) atoms. The first-order chi connectivity index (χ1) is 15.0. The number of cyclic esters (lactones) is 1. The summed E-state index contributed by atoms with van der Waals surface area (Å²) < 4.78 is 5.66. The second-order valence-electron chi connectivity index (χ2n) is 9.23. The third-order valence-electron chi connectivity index (χ3n) is 6.75. The standard InChI is InChI=1S/C26H32N2O3/c1-27(2)19-22-18-26(25(30)31-22)13-15-28(16-14-26)24(29)17-23(20-9-5-3-6-10-20)21-11-7-4-8-12-21/h3-12,22-23H,13-19H2,1-2H3. The molecule has 2 saturated heterocycles. The van der Waals surface area contributed by atoms with Gasteiger partial charge in [0.1, 0.15) is 6.10 Å². The van der Waals surface area contributed by atoms with E-state index in [1.54, 1.807) is 0 Å². The zero-order valence-electron chi connectivity index (χ0n) is 18.5. The van der Waals surface area contributed by atoms with Crippen LogP contribution in [-0.2, 0) is 14.3 Å². The van der Waals surface area contributed by atoms with E-state index in [1.165, 1.54) is 0 Å². The topological polar surface area (TPSA) is 49.9 Å². The lowest BCUT2D eigenvalue weighted by atomic mass is 9.76. The van der Waals surface area contributed by atoms with Crippen molar-refractivity contribution in [2.75, 3.05) is 33.7 Å². The Bertz CT molecular complexity index is 850. The molecule has 1 atom stereocenters. The molecule has 2 aliphatic heterocycles. The molecule has 5 heteroatoms. The number of likely N-dealkylation sites (N-methyl/N-ethyl adjacent to an activating group) is 1. The second-order valence-corrected chi connectivity index (χ2v) is 9.23. The predicted molar refractivity (Wildman–Crippen MR) is 121 cm³/mol. The van der Waals surface area contributed by atoms with Crippen LogP contribution in [-0.4, -0.2) is 61.5 Å². The molecule has 0 N–H and O–H groups in total. The van der Waals surface area contributed by atoms with Gasteiger partial charge in [-0.2, -0.15) is 0 Å². The van der Waals surface area contributed by atoms with Crippen LogP contribution < -0.4 is 0 Å². The van der Waals surface area contributed by atoms with Gasteiger partial charge >= 0.3 is 5.97 Å². The van der Waals surface area contributed by atoms with Crippen molar-refractivity contribution in [1.82, 2.24) is 9.80 Å². The molecule has 2 aromatic carbocycles. The lowest BCUT2D eigenvalue weighted by Crippen LogP contribution is -2.45. The van der Waals surface area contributed by atoms with Crippen molar-refractivity contribution in [2.24, 2.45) is 5.41 Å². The number of esters is 1. The quantitative estimate of drug-likeness (QED) is 0.669.